The molecule has 0 saturated heterocycles. The van der Waals surface area contributed by atoms with Crippen LogP contribution in [0, 0.1) is 5.92 Å². The molecule has 0 aromatic rings. The molecule has 0 aliphatic carbocycles. The normalized spacial score (nSPS) is 12.4. The van der Waals surface area contributed by atoms with Crippen molar-refractivity contribution in [2.75, 3.05) is 6.54 Å². The van der Waals surface area contributed by atoms with Gasteiger partial charge in [-0.1, -0.05) is 20.3 Å². The molecule has 0 heterocycles. The summed E-state index contributed by atoms with van der Waals surface area (Å²) in [7, 11) is 0. The Balaban J connectivity index is 0. The second-order valence-electron chi connectivity index (χ2n) is 1.75. The molecule has 0 aromatic heterocycles. The van der Waals surface area contributed by atoms with Gasteiger partial charge in [0.25, 0.3) is 0 Å². The summed E-state index contributed by atoms with van der Waals surface area (Å²) < 4.78 is 0. The Kier molecular flexibility index (Phi) is 9.17. The maximum Gasteiger partial charge on any atom is -0.00516 e. The van der Waals surface area contributed by atoms with E-state index in [2.05, 4.69) is 13.8 Å². The highest BCUT2D eigenvalue weighted by molar-refractivity contribution is 5.85. The average molecular weight is 124 g/mol. The molecule has 0 amide bonds. The Bertz CT molecular complexity index is 27.3. The molecule has 0 aromatic carbocycles. The highest BCUT2D eigenvalue weighted by atomic mass is 35.5. The first-order valence-corrected chi connectivity index (χ1v) is 2.51. The SMILES string of the molecule is CC[C@H](C)CN.Cl. The van der Waals surface area contributed by atoms with Crippen LogP contribution in [-0.2, 0) is 0 Å². The van der Waals surface area contributed by atoms with Crippen LogP contribution in [0.1, 0.15) is 20.3 Å². The minimum atomic E-state index is 0. The summed E-state index contributed by atoms with van der Waals surface area (Å²) in [5.41, 5.74) is 5.28. The quantitative estimate of drug-likeness (QED) is 0.591. The van der Waals surface area contributed by atoms with Crippen molar-refractivity contribution < 1.29 is 0 Å². The fourth-order valence-electron chi connectivity index (χ4n) is 0.167. The fraction of sp³-hybridized carbons (Fsp3) is 1.00. The largest absolute Gasteiger partial charge is 0.330 e. The van der Waals surface area contributed by atoms with Gasteiger partial charge in [-0.2, -0.15) is 0 Å². The second-order valence-corrected chi connectivity index (χ2v) is 1.75. The molecule has 0 radical (unpaired) electrons. The van der Waals surface area contributed by atoms with E-state index in [4.69, 9.17) is 5.73 Å². The van der Waals surface area contributed by atoms with E-state index in [1.807, 2.05) is 0 Å². The van der Waals surface area contributed by atoms with Crippen LogP contribution in [0.5, 0.6) is 0 Å². The van der Waals surface area contributed by atoms with Crippen LogP contribution in [-0.4, -0.2) is 6.54 Å². The topological polar surface area (TPSA) is 26.0 Å². The van der Waals surface area contributed by atoms with E-state index in [1.165, 1.54) is 6.42 Å². The van der Waals surface area contributed by atoms with Crippen molar-refractivity contribution in [2.24, 2.45) is 11.7 Å². The molecule has 0 rings (SSSR count). The lowest BCUT2D eigenvalue weighted by molar-refractivity contribution is 0.576. The predicted molar refractivity (Wildman–Crippen MR) is 35.8 cm³/mol. The highest BCUT2D eigenvalue weighted by Gasteiger charge is 1.88. The maximum atomic E-state index is 5.28. The first-order chi connectivity index (χ1) is 2.81. The molecule has 0 bridgehead atoms. The highest BCUT2D eigenvalue weighted by Crippen LogP contribution is 1.93. The smallest absolute Gasteiger partial charge is 0.00516 e. The van der Waals surface area contributed by atoms with E-state index in [9.17, 15) is 0 Å². The number of nitrogens with two attached hydrogens (primary N) is 1. The van der Waals surface area contributed by atoms with E-state index >= 15 is 0 Å². The van der Waals surface area contributed by atoms with Crippen LogP contribution in [0.4, 0.5) is 0 Å². The van der Waals surface area contributed by atoms with E-state index in [-0.39, 0.29) is 12.4 Å². The van der Waals surface area contributed by atoms with Crippen LogP contribution in [0.3, 0.4) is 0 Å². The van der Waals surface area contributed by atoms with Crippen molar-refractivity contribution in [3.63, 3.8) is 0 Å². The van der Waals surface area contributed by atoms with Gasteiger partial charge in [0.15, 0.2) is 0 Å². The minimum absolute atomic E-state index is 0. The number of hydrogen-bond acceptors (Lipinski definition) is 1. The van der Waals surface area contributed by atoms with Gasteiger partial charge in [-0.3, -0.25) is 0 Å². The summed E-state index contributed by atoms with van der Waals surface area (Å²) in [5.74, 6) is 0.713. The lowest BCUT2D eigenvalue weighted by Crippen LogP contribution is -2.08. The molecule has 1 atom stereocenters. The lowest BCUT2D eigenvalue weighted by atomic mass is 10.1. The van der Waals surface area contributed by atoms with Gasteiger partial charge in [0.05, 0.1) is 0 Å². The van der Waals surface area contributed by atoms with Gasteiger partial charge in [-0.25, -0.2) is 0 Å². The molecule has 0 aliphatic rings. The molecular formula is C5H14ClN. The van der Waals surface area contributed by atoms with Crippen LogP contribution in [0.15, 0.2) is 0 Å². The zero-order valence-electron chi connectivity index (χ0n) is 4.98. The maximum absolute atomic E-state index is 5.28. The number of rotatable bonds is 2. The van der Waals surface area contributed by atoms with Crippen LogP contribution >= 0.6 is 12.4 Å². The van der Waals surface area contributed by atoms with Crippen molar-refractivity contribution in [2.45, 2.75) is 20.3 Å². The Morgan fingerprint density at radius 2 is 2.00 bits per heavy atom. The van der Waals surface area contributed by atoms with Crippen LogP contribution in [0.25, 0.3) is 0 Å². The molecule has 1 nitrogen and oxygen atoms in total. The molecule has 0 fully saturated rings. The van der Waals surface area contributed by atoms with Crippen LogP contribution in [0.2, 0.25) is 0 Å². The number of hydrogen-bond donors (Lipinski definition) is 1. The summed E-state index contributed by atoms with van der Waals surface area (Å²) in [6, 6.07) is 0. The number of halogens is 1. The molecule has 46 valence electrons. The summed E-state index contributed by atoms with van der Waals surface area (Å²) >= 11 is 0. The van der Waals surface area contributed by atoms with E-state index in [1.54, 1.807) is 0 Å². The molecule has 0 unspecified atom stereocenters. The monoisotopic (exact) mass is 123 g/mol. The summed E-state index contributed by atoms with van der Waals surface area (Å²) in [6.45, 7) is 5.13. The van der Waals surface area contributed by atoms with Gasteiger partial charge in [-0.15, -0.1) is 12.4 Å². The third-order valence-corrected chi connectivity index (χ3v) is 1.10. The molecule has 0 saturated carbocycles. The zero-order chi connectivity index (χ0) is 4.99. The first-order valence-electron chi connectivity index (χ1n) is 2.51. The van der Waals surface area contributed by atoms with Crippen molar-refractivity contribution in [3.8, 4) is 0 Å². The van der Waals surface area contributed by atoms with Crippen molar-refractivity contribution >= 4 is 12.4 Å². The fourth-order valence-corrected chi connectivity index (χ4v) is 0.167. The van der Waals surface area contributed by atoms with Gasteiger partial charge in [0.1, 0.15) is 0 Å². The Hall–Kier alpha value is 0.250. The Morgan fingerprint density at radius 3 is 2.00 bits per heavy atom. The molecule has 7 heavy (non-hydrogen) atoms. The minimum Gasteiger partial charge on any atom is -0.330 e. The van der Waals surface area contributed by atoms with Gasteiger partial charge in [0.2, 0.25) is 0 Å². The second kappa shape index (κ2) is 6.25. The predicted octanol–water partition coefficient (Wildman–Crippen LogP) is 1.41. The Morgan fingerprint density at radius 1 is 1.57 bits per heavy atom. The third kappa shape index (κ3) is 6.25. The van der Waals surface area contributed by atoms with Gasteiger partial charge in [0, 0.05) is 0 Å². The first kappa shape index (κ1) is 10.3. The van der Waals surface area contributed by atoms with Crippen molar-refractivity contribution in [1.29, 1.82) is 0 Å². The van der Waals surface area contributed by atoms with Crippen molar-refractivity contribution in [1.82, 2.24) is 0 Å². The standard InChI is InChI=1S/C5H13N.ClH/c1-3-5(2)4-6;/h5H,3-4,6H2,1-2H3;1H/t5-;/m0./s1. The van der Waals surface area contributed by atoms with E-state index < -0.39 is 0 Å². The molecule has 0 aliphatic heterocycles. The molecule has 2 heteroatoms. The summed E-state index contributed by atoms with van der Waals surface area (Å²) in [6.07, 6.45) is 1.20. The third-order valence-electron chi connectivity index (χ3n) is 1.10. The molecule has 2 N–H and O–H groups in total. The van der Waals surface area contributed by atoms with Gasteiger partial charge < -0.3 is 5.73 Å². The molecule has 0 spiro atoms. The molecular weight excluding hydrogens is 110 g/mol. The van der Waals surface area contributed by atoms with E-state index in [0.717, 1.165) is 6.54 Å². The van der Waals surface area contributed by atoms with Gasteiger partial charge in [-0.05, 0) is 12.5 Å². The summed E-state index contributed by atoms with van der Waals surface area (Å²) in [4.78, 5) is 0. The van der Waals surface area contributed by atoms with Crippen LogP contribution < -0.4 is 5.73 Å². The Labute approximate surface area is 51.7 Å². The van der Waals surface area contributed by atoms with Crippen molar-refractivity contribution in [3.05, 3.63) is 0 Å². The lowest BCUT2D eigenvalue weighted by Gasteiger charge is -1.98. The van der Waals surface area contributed by atoms with E-state index in [0.29, 0.717) is 5.92 Å². The van der Waals surface area contributed by atoms with Gasteiger partial charge >= 0.3 is 0 Å². The zero-order valence-corrected chi connectivity index (χ0v) is 5.79. The summed E-state index contributed by atoms with van der Waals surface area (Å²) in [5, 5.41) is 0. The average Bonchev–Trinajstić information content (AvgIpc) is 1.65.